The van der Waals surface area contributed by atoms with Gasteiger partial charge in [-0.1, -0.05) is 27.7 Å². The molecule has 8 unspecified atom stereocenters. The maximum Gasteiger partial charge on any atom is 0.306 e. The molecule has 1 saturated carbocycles. The number of hydrogen-bond acceptors (Lipinski definition) is 4. The zero-order valence-electron chi connectivity index (χ0n) is 17.1. The van der Waals surface area contributed by atoms with E-state index >= 15 is 0 Å². The normalized spacial score (nSPS) is 32.9. The molecule has 4 N–H and O–H groups in total. The van der Waals surface area contributed by atoms with Crippen LogP contribution in [0.4, 0.5) is 0 Å². The number of carboxylic acids is 2. The highest BCUT2D eigenvalue weighted by molar-refractivity contribution is 5.71. The molecule has 0 aromatic carbocycles. The number of rotatable bonds is 10. The minimum absolute atomic E-state index is 0.125. The Kier molecular flexibility index (Phi) is 9.41. The summed E-state index contributed by atoms with van der Waals surface area (Å²) in [5, 5.41) is 25.2. The number of carboxylic acid groups (broad SMARTS) is 2. The van der Waals surface area contributed by atoms with Gasteiger partial charge in [0, 0.05) is 12.1 Å². The molecule has 0 aromatic rings. The second kappa shape index (κ2) is 11.0. The van der Waals surface area contributed by atoms with Gasteiger partial charge in [-0.05, 0) is 49.4 Å². The average Bonchev–Trinajstić information content (AvgIpc) is 2.64. The molecule has 2 amide bonds. The van der Waals surface area contributed by atoms with Crippen molar-refractivity contribution in [3.8, 4) is 0 Å². The Morgan fingerprint density at radius 2 is 1.64 bits per heavy atom. The number of amides is 2. The molecule has 160 valence electrons. The molecule has 1 aliphatic rings. The number of hydrogen-bond donors (Lipinski definition) is 4. The van der Waals surface area contributed by atoms with Crippen LogP contribution in [0.25, 0.3) is 0 Å². The molecule has 1 rings (SSSR count). The maximum atomic E-state index is 12.0. The predicted octanol–water partition coefficient (Wildman–Crippen LogP) is 1.74. The quantitative estimate of drug-likeness (QED) is 0.414. The smallest absolute Gasteiger partial charge is 0.306 e. The van der Waals surface area contributed by atoms with Crippen LogP contribution < -0.4 is 10.6 Å². The first-order valence-electron chi connectivity index (χ1n) is 10.1. The first kappa shape index (κ1) is 23.9. The summed E-state index contributed by atoms with van der Waals surface area (Å²) in [5.41, 5.74) is 0. The summed E-state index contributed by atoms with van der Waals surface area (Å²) < 4.78 is 0. The number of aliphatic carboxylic acids is 2. The number of carbonyl (C=O) groups excluding carboxylic acids is 2. The zero-order chi connectivity index (χ0) is 21.4. The van der Waals surface area contributed by atoms with Gasteiger partial charge >= 0.3 is 11.9 Å². The van der Waals surface area contributed by atoms with Gasteiger partial charge in [0.15, 0.2) is 0 Å². The van der Waals surface area contributed by atoms with Gasteiger partial charge in [-0.3, -0.25) is 19.2 Å². The summed E-state index contributed by atoms with van der Waals surface area (Å²) in [4.78, 5) is 46.3. The van der Waals surface area contributed by atoms with Crippen LogP contribution in [0, 0.1) is 35.5 Å². The zero-order valence-corrected chi connectivity index (χ0v) is 17.1. The third-order valence-electron chi connectivity index (χ3n) is 6.81. The largest absolute Gasteiger partial charge is 0.481 e. The lowest BCUT2D eigenvalue weighted by Gasteiger charge is -2.45. The summed E-state index contributed by atoms with van der Waals surface area (Å²) in [7, 11) is 0. The Morgan fingerprint density at radius 3 is 2.07 bits per heavy atom. The fourth-order valence-corrected chi connectivity index (χ4v) is 4.95. The van der Waals surface area contributed by atoms with Crippen molar-refractivity contribution in [1.82, 2.24) is 10.6 Å². The van der Waals surface area contributed by atoms with E-state index in [1.54, 1.807) is 6.92 Å². The van der Waals surface area contributed by atoms with Crippen LogP contribution in [0.5, 0.6) is 0 Å². The molecule has 1 aliphatic carbocycles. The highest BCUT2D eigenvalue weighted by Gasteiger charge is 2.45. The van der Waals surface area contributed by atoms with E-state index in [0.717, 1.165) is 0 Å². The van der Waals surface area contributed by atoms with Crippen LogP contribution in [0.2, 0.25) is 0 Å². The SMILES string of the molecule is CCC(NC=O)C1CC(C(=O)O)C(C)C(C)C(NC=O)CC1C(CC)C(=O)O. The van der Waals surface area contributed by atoms with E-state index in [0.29, 0.717) is 38.5 Å². The highest BCUT2D eigenvalue weighted by Crippen LogP contribution is 2.43. The van der Waals surface area contributed by atoms with Gasteiger partial charge in [-0.15, -0.1) is 0 Å². The van der Waals surface area contributed by atoms with Gasteiger partial charge in [-0.2, -0.15) is 0 Å². The van der Waals surface area contributed by atoms with Crippen LogP contribution in [0.3, 0.4) is 0 Å². The first-order valence-corrected chi connectivity index (χ1v) is 10.1. The van der Waals surface area contributed by atoms with Gasteiger partial charge in [0.1, 0.15) is 0 Å². The van der Waals surface area contributed by atoms with E-state index in [-0.39, 0.29) is 35.8 Å². The first-order chi connectivity index (χ1) is 13.2. The van der Waals surface area contributed by atoms with Gasteiger partial charge in [0.05, 0.1) is 11.8 Å². The molecule has 8 atom stereocenters. The van der Waals surface area contributed by atoms with Crippen molar-refractivity contribution < 1.29 is 29.4 Å². The number of nitrogens with one attached hydrogen (secondary N) is 2. The second-order valence-corrected chi connectivity index (χ2v) is 8.01. The van der Waals surface area contributed by atoms with Crippen molar-refractivity contribution in [3.05, 3.63) is 0 Å². The lowest BCUT2D eigenvalue weighted by molar-refractivity contribution is -0.148. The van der Waals surface area contributed by atoms with Gasteiger partial charge < -0.3 is 20.8 Å². The molecule has 1 fully saturated rings. The lowest BCUT2D eigenvalue weighted by atomic mass is 9.62. The topological polar surface area (TPSA) is 133 Å². The molecule has 0 radical (unpaired) electrons. The van der Waals surface area contributed by atoms with Crippen LogP contribution in [-0.2, 0) is 19.2 Å². The molecule has 0 aromatic heterocycles. The van der Waals surface area contributed by atoms with E-state index in [4.69, 9.17) is 0 Å². The van der Waals surface area contributed by atoms with Crippen molar-refractivity contribution in [2.45, 2.75) is 65.5 Å². The second-order valence-electron chi connectivity index (χ2n) is 8.01. The number of carbonyl (C=O) groups is 4. The molecule has 28 heavy (non-hydrogen) atoms. The van der Waals surface area contributed by atoms with Crippen molar-refractivity contribution >= 4 is 24.8 Å². The van der Waals surface area contributed by atoms with E-state index in [2.05, 4.69) is 10.6 Å². The predicted molar refractivity (Wildman–Crippen MR) is 103 cm³/mol. The average molecular weight is 399 g/mol. The molecule has 8 heteroatoms. The summed E-state index contributed by atoms with van der Waals surface area (Å²) in [5.74, 6) is -4.25. The van der Waals surface area contributed by atoms with Gasteiger partial charge in [0.2, 0.25) is 12.8 Å². The molecule has 0 bridgehead atoms. The Labute approximate surface area is 166 Å². The Balaban J connectivity index is 3.51. The van der Waals surface area contributed by atoms with Crippen molar-refractivity contribution in [3.63, 3.8) is 0 Å². The Morgan fingerprint density at radius 1 is 1.00 bits per heavy atom. The van der Waals surface area contributed by atoms with Crippen LogP contribution in [0.1, 0.15) is 53.4 Å². The highest BCUT2D eigenvalue weighted by atomic mass is 16.4. The van der Waals surface area contributed by atoms with E-state index in [1.807, 2.05) is 20.8 Å². The van der Waals surface area contributed by atoms with E-state index in [1.165, 1.54) is 0 Å². The summed E-state index contributed by atoms with van der Waals surface area (Å²) in [6.07, 6.45) is 2.88. The van der Waals surface area contributed by atoms with E-state index in [9.17, 15) is 29.4 Å². The molecule has 0 saturated heterocycles. The van der Waals surface area contributed by atoms with Gasteiger partial charge in [-0.25, -0.2) is 0 Å². The fraction of sp³-hybridized carbons (Fsp3) is 0.800. The van der Waals surface area contributed by atoms with Crippen LogP contribution >= 0.6 is 0 Å². The molecular formula is C20H34N2O6. The van der Waals surface area contributed by atoms with Crippen molar-refractivity contribution in [2.75, 3.05) is 0 Å². The summed E-state index contributed by atoms with van der Waals surface area (Å²) in [6.45, 7) is 7.46. The summed E-state index contributed by atoms with van der Waals surface area (Å²) >= 11 is 0. The molecule has 8 nitrogen and oxygen atoms in total. The molecule has 0 heterocycles. The maximum absolute atomic E-state index is 12.0. The minimum atomic E-state index is -0.934. The lowest BCUT2D eigenvalue weighted by Crippen LogP contribution is -2.51. The van der Waals surface area contributed by atoms with Crippen LogP contribution in [-0.4, -0.2) is 47.1 Å². The molecular weight excluding hydrogens is 364 g/mol. The van der Waals surface area contributed by atoms with Crippen LogP contribution in [0.15, 0.2) is 0 Å². The monoisotopic (exact) mass is 398 g/mol. The van der Waals surface area contributed by atoms with Crippen molar-refractivity contribution in [1.29, 1.82) is 0 Å². The minimum Gasteiger partial charge on any atom is -0.481 e. The third kappa shape index (κ3) is 5.45. The third-order valence-corrected chi connectivity index (χ3v) is 6.81. The summed E-state index contributed by atoms with van der Waals surface area (Å²) in [6, 6.07) is -0.653. The Hall–Kier alpha value is -2.12. The van der Waals surface area contributed by atoms with E-state index < -0.39 is 23.8 Å². The van der Waals surface area contributed by atoms with Gasteiger partial charge in [0.25, 0.3) is 0 Å². The van der Waals surface area contributed by atoms with Crippen molar-refractivity contribution in [2.24, 2.45) is 35.5 Å². The molecule has 0 spiro atoms. The Bertz CT molecular complexity index is 555. The standard InChI is InChI=1S/C20H34N2O6/c1-5-13(19(25)26)15-8-18(22-10-24)12(4)11(3)14(20(27)28)7-16(15)17(6-2)21-9-23/h9-18H,5-8H2,1-4H3,(H,21,23)(H,22,24)(H,25,26)(H,27,28). The fourth-order valence-electron chi connectivity index (χ4n) is 4.95. The molecule has 0 aliphatic heterocycles.